The van der Waals surface area contributed by atoms with E-state index in [2.05, 4.69) is 32.9 Å². The number of carbonyl (C=O) groups is 1. The van der Waals surface area contributed by atoms with Crippen LogP contribution in [0.4, 0.5) is 5.69 Å². The van der Waals surface area contributed by atoms with Gasteiger partial charge in [-0.05, 0) is 73.3 Å². The topological polar surface area (TPSA) is 84.4 Å². The van der Waals surface area contributed by atoms with Crippen molar-refractivity contribution in [3.8, 4) is 11.1 Å². The Morgan fingerprint density at radius 2 is 2.13 bits per heavy atom. The molecule has 0 spiro atoms. The van der Waals surface area contributed by atoms with Gasteiger partial charge in [-0.25, -0.2) is 0 Å². The number of likely N-dealkylation sites (tertiary alicyclic amines) is 1. The maximum atomic E-state index is 13.6. The third-order valence-corrected chi connectivity index (χ3v) is 6.86. The normalized spacial score (nSPS) is 22.9. The number of aromatic nitrogens is 1. The van der Waals surface area contributed by atoms with E-state index in [-0.39, 0.29) is 32.9 Å². The van der Waals surface area contributed by atoms with Crippen molar-refractivity contribution in [3.05, 3.63) is 57.6 Å². The van der Waals surface area contributed by atoms with E-state index < -0.39 is 5.54 Å². The van der Waals surface area contributed by atoms with Crippen molar-refractivity contribution in [3.63, 3.8) is 0 Å². The molecule has 8 heteroatoms. The zero-order valence-electron chi connectivity index (χ0n) is 17.1. The minimum Gasteiger partial charge on any atom is -0.361 e. The van der Waals surface area contributed by atoms with E-state index >= 15 is 0 Å². The van der Waals surface area contributed by atoms with Crippen LogP contribution in [0.25, 0.3) is 11.1 Å². The summed E-state index contributed by atoms with van der Waals surface area (Å²) in [6, 6.07) is 8.27. The number of thiophene rings is 1. The summed E-state index contributed by atoms with van der Waals surface area (Å²) < 4.78 is 5.39. The molecular formula is C23H30N4O2S2. The van der Waals surface area contributed by atoms with E-state index in [1.807, 2.05) is 31.4 Å². The molecule has 1 amide bonds. The number of nitrogens with two attached hydrogens (primary N) is 1. The Morgan fingerprint density at radius 3 is 2.77 bits per heavy atom. The highest BCUT2D eigenvalue weighted by molar-refractivity contribution is 7.59. The standard InChI is InChI=1S/C22H24N4O2S.CH4.H2S/c1-13-20(14(2)28-25-13)15-5-6-19-18(10-15)22(21(27)24-19,16-7-9-29-12-16)26-8-3-4-17(23)11-26;;/h5-7,9-10,12,17H,3-4,8,11,23H2,1-2H3,(H,24,27);1H4;1H2/t17-,22?;;/m0../s1. The van der Waals surface area contributed by atoms with Gasteiger partial charge in [0.15, 0.2) is 5.54 Å². The first-order valence-electron chi connectivity index (χ1n) is 9.94. The maximum Gasteiger partial charge on any atom is 0.254 e. The van der Waals surface area contributed by atoms with Crippen LogP contribution in [-0.2, 0) is 10.3 Å². The third-order valence-electron chi connectivity index (χ3n) is 6.18. The molecule has 3 aromatic rings. The number of nitrogens with one attached hydrogen (secondary N) is 1. The molecule has 2 aliphatic heterocycles. The molecule has 1 fully saturated rings. The number of hydrogen-bond acceptors (Lipinski definition) is 6. The molecule has 0 radical (unpaired) electrons. The van der Waals surface area contributed by atoms with Crippen LogP contribution >= 0.6 is 24.8 Å². The van der Waals surface area contributed by atoms with Crippen molar-refractivity contribution in [1.29, 1.82) is 0 Å². The number of amides is 1. The average molecular weight is 459 g/mol. The summed E-state index contributed by atoms with van der Waals surface area (Å²) in [6.45, 7) is 5.39. The van der Waals surface area contributed by atoms with Gasteiger partial charge >= 0.3 is 0 Å². The van der Waals surface area contributed by atoms with Gasteiger partial charge in [-0.3, -0.25) is 9.69 Å². The maximum absolute atomic E-state index is 13.6. The highest BCUT2D eigenvalue weighted by Crippen LogP contribution is 2.48. The predicted octanol–water partition coefficient (Wildman–Crippen LogP) is 4.39. The third kappa shape index (κ3) is 3.51. The lowest BCUT2D eigenvalue weighted by Gasteiger charge is -2.43. The van der Waals surface area contributed by atoms with Crippen LogP contribution in [0.1, 0.15) is 42.8 Å². The van der Waals surface area contributed by atoms with Crippen LogP contribution in [0.3, 0.4) is 0 Å². The molecule has 1 aromatic carbocycles. The van der Waals surface area contributed by atoms with E-state index in [1.54, 1.807) is 11.3 Å². The number of hydrogen-bond donors (Lipinski definition) is 2. The number of nitrogens with zero attached hydrogens (tertiary/aromatic N) is 2. The van der Waals surface area contributed by atoms with Gasteiger partial charge in [0.25, 0.3) is 5.91 Å². The highest BCUT2D eigenvalue weighted by Gasteiger charge is 2.53. The largest absolute Gasteiger partial charge is 0.361 e. The molecule has 2 atom stereocenters. The van der Waals surface area contributed by atoms with Gasteiger partial charge in [0.2, 0.25) is 0 Å². The molecule has 5 rings (SSSR count). The van der Waals surface area contributed by atoms with E-state index in [4.69, 9.17) is 10.3 Å². The van der Waals surface area contributed by atoms with Crippen molar-refractivity contribution >= 4 is 36.4 Å². The van der Waals surface area contributed by atoms with E-state index in [1.165, 1.54) is 0 Å². The molecule has 3 N–H and O–H groups in total. The SMILES string of the molecule is C.Cc1noc(C)c1-c1ccc2c(c1)C(c1ccsc1)(N1CCC[C@H](N)C1)C(=O)N2.S. The highest BCUT2D eigenvalue weighted by atomic mass is 32.1. The van der Waals surface area contributed by atoms with Gasteiger partial charge in [-0.1, -0.05) is 18.6 Å². The summed E-state index contributed by atoms with van der Waals surface area (Å²) in [6.07, 6.45) is 1.98. The lowest BCUT2D eigenvalue weighted by atomic mass is 9.81. The van der Waals surface area contributed by atoms with Crippen molar-refractivity contribution in [2.45, 2.75) is 45.7 Å². The van der Waals surface area contributed by atoms with Crippen LogP contribution in [0, 0.1) is 13.8 Å². The fraction of sp³-hybridized carbons (Fsp3) is 0.391. The van der Waals surface area contributed by atoms with Crippen LogP contribution in [0.5, 0.6) is 0 Å². The number of anilines is 1. The first-order chi connectivity index (χ1) is 14.0. The van der Waals surface area contributed by atoms with Crippen LogP contribution < -0.4 is 11.1 Å². The summed E-state index contributed by atoms with van der Waals surface area (Å²) in [7, 11) is 0. The Morgan fingerprint density at radius 1 is 1.32 bits per heavy atom. The molecule has 166 valence electrons. The predicted molar refractivity (Wildman–Crippen MR) is 131 cm³/mol. The Balaban J connectivity index is 0.00000136. The lowest BCUT2D eigenvalue weighted by Crippen LogP contribution is -2.57. The fourth-order valence-corrected chi connectivity index (χ4v) is 5.61. The minimum absolute atomic E-state index is 0. The van der Waals surface area contributed by atoms with Gasteiger partial charge in [0, 0.05) is 29.4 Å². The number of benzene rings is 1. The summed E-state index contributed by atoms with van der Waals surface area (Å²) in [5.74, 6) is 0.775. The summed E-state index contributed by atoms with van der Waals surface area (Å²) in [5, 5.41) is 11.4. The van der Waals surface area contributed by atoms with Crippen LogP contribution in [-0.4, -0.2) is 35.1 Å². The van der Waals surface area contributed by atoms with E-state index in [0.29, 0.717) is 6.54 Å². The van der Waals surface area contributed by atoms with Gasteiger partial charge in [0.1, 0.15) is 5.76 Å². The number of rotatable bonds is 3. The van der Waals surface area contributed by atoms with Gasteiger partial charge < -0.3 is 15.6 Å². The monoisotopic (exact) mass is 458 g/mol. The van der Waals surface area contributed by atoms with E-state index in [9.17, 15) is 4.79 Å². The molecule has 4 heterocycles. The molecule has 2 aliphatic rings. The average Bonchev–Trinajstić information content (AvgIpc) is 3.40. The number of aryl methyl sites for hydroxylation is 2. The molecule has 0 aliphatic carbocycles. The fourth-order valence-electron chi connectivity index (χ4n) is 4.91. The van der Waals surface area contributed by atoms with Gasteiger partial charge in [-0.15, -0.1) is 0 Å². The molecular weight excluding hydrogens is 428 g/mol. The number of piperidine rings is 1. The summed E-state index contributed by atoms with van der Waals surface area (Å²) >= 11 is 1.61. The van der Waals surface area contributed by atoms with Gasteiger partial charge in [-0.2, -0.15) is 24.8 Å². The second-order valence-corrected chi connectivity index (χ2v) is 8.76. The second kappa shape index (κ2) is 8.78. The van der Waals surface area contributed by atoms with Crippen LogP contribution in [0.2, 0.25) is 0 Å². The van der Waals surface area contributed by atoms with Crippen molar-refractivity contribution < 1.29 is 9.32 Å². The minimum atomic E-state index is -0.859. The first-order valence-corrected chi connectivity index (χ1v) is 10.9. The quantitative estimate of drug-likeness (QED) is 0.608. The molecule has 1 unspecified atom stereocenters. The summed E-state index contributed by atoms with van der Waals surface area (Å²) in [5.41, 5.74) is 11.2. The molecule has 2 aromatic heterocycles. The van der Waals surface area contributed by atoms with E-state index in [0.717, 1.165) is 58.8 Å². The number of fused-ring (bicyclic) bond motifs is 1. The Hall–Kier alpha value is -2.13. The Kier molecular flexibility index (Phi) is 6.67. The molecule has 31 heavy (non-hydrogen) atoms. The second-order valence-electron chi connectivity index (χ2n) is 7.98. The first kappa shape index (κ1) is 23.5. The van der Waals surface area contributed by atoms with Crippen molar-refractivity contribution in [1.82, 2.24) is 10.1 Å². The molecule has 0 bridgehead atoms. The lowest BCUT2D eigenvalue weighted by molar-refractivity contribution is -0.126. The van der Waals surface area contributed by atoms with Crippen LogP contribution in [0.15, 0.2) is 39.5 Å². The Labute approximate surface area is 194 Å². The van der Waals surface area contributed by atoms with Crippen molar-refractivity contribution in [2.24, 2.45) is 5.73 Å². The van der Waals surface area contributed by atoms with Crippen molar-refractivity contribution in [2.75, 3.05) is 18.4 Å². The smallest absolute Gasteiger partial charge is 0.254 e. The number of carbonyl (C=O) groups excluding carboxylic acids is 1. The molecule has 1 saturated heterocycles. The zero-order chi connectivity index (χ0) is 20.2. The summed E-state index contributed by atoms with van der Waals surface area (Å²) in [4.78, 5) is 15.8. The Bertz CT molecular complexity index is 1060. The van der Waals surface area contributed by atoms with Gasteiger partial charge in [0.05, 0.1) is 5.69 Å². The zero-order valence-corrected chi connectivity index (χ0v) is 18.9. The molecule has 0 saturated carbocycles. The molecule has 6 nitrogen and oxygen atoms in total.